The van der Waals surface area contributed by atoms with E-state index in [9.17, 15) is 9.59 Å². The zero-order chi connectivity index (χ0) is 8.43. The lowest BCUT2D eigenvalue weighted by Crippen LogP contribution is -2.39. The second kappa shape index (κ2) is 2.77. The fraction of sp³-hybridized carbons (Fsp3) is 0.667. The molecule has 0 spiro atoms. The quantitative estimate of drug-likeness (QED) is 0.533. The van der Waals surface area contributed by atoms with Crippen molar-refractivity contribution in [3.05, 3.63) is 0 Å². The van der Waals surface area contributed by atoms with E-state index in [2.05, 4.69) is 5.32 Å². The molecule has 1 aliphatic rings. The monoisotopic (exact) mass is 157 g/mol. The summed E-state index contributed by atoms with van der Waals surface area (Å²) in [6.45, 7) is 2.85. The fourth-order valence-corrected chi connectivity index (χ4v) is 1.02. The van der Waals surface area contributed by atoms with Crippen LogP contribution in [0.1, 0.15) is 6.92 Å². The Morgan fingerprint density at radius 2 is 2.55 bits per heavy atom. The Kier molecular flexibility index (Phi) is 1.98. The second-order valence-corrected chi connectivity index (χ2v) is 2.44. The van der Waals surface area contributed by atoms with E-state index in [1.807, 2.05) is 6.92 Å². The zero-order valence-corrected chi connectivity index (χ0v) is 6.33. The van der Waals surface area contributed by atoms with Crippen LogP contribution in [0.25, 0.3) is 0 Å². The summed E-state index contributed by atoms with van der Waals surface area (Å²) in [6.07, 6.45) is 0. The van der Waals surface area contributed by atoms with Crippen LogP contribution < -0.4 is 11.1 Å². The third kappa shape index (κ3) is 1.42. The molecule has 0 aliphatic carbocycles. The van der Waals surface area contributed by atoms with E-state index in [0.717, 1.165) is 0 Å². The number of nitrogens with one attached hydrogen (secondary N) is 1. The summed E-state index contributed by atoms with van der Waals surface area (Å²) >= 11 is 0. The largest absolute Gasteiger partial charge is 0.368 e. The molecule has 0 aromatic carbocycles. The molecule has 3 amide bonds. The number of carbonyl (C=O) groups is 2. The van der Waals surface area contributed by atoms with Crippen molar-refractivity contribution in [2.75, 3.05) is 13.1 Å². The smallest absolute Gasteiger partial charge is 0.318 e. The molecule has 0 aromatic rings. The topological polar surface area (TPSA) is 75.4 Å². The van der Waals surface area contributed by atoms with Crippen molar-refractivity contribution in [3.8, 4) is 0 Å². The Balaban J connectivity index is 2.56. The van der Waals surface area contributed by atoms with Gasteiger partial charge in [-0.15, -0.1) is 0 Å². The lowest BCUT2D eigenvalue weighted by atomic mass is 10.3. The number of amides is 3. The van der Waals surface area contributed by atoms with Gasteiger partial charge in [0.05, 0.1) is 6.54 Å². The number of urea groups is 1. The van der Waals surface area contributed by atoms with Gasteiger partial charge in [-0.05, 0) is 6.92 Å². The molecule has 0 bridgehead atoms. The maximum Gasteiger partial charge on any atom is 0.318 e. The average molecular weight is 157 g/mol. The summed E-state index contributed by atoms with van der Waals surface area (Å²) in [5.41, 5.74) is 5.00. The summed E-state index contributed by atoms with van der Waals surface area (Å²) in [5.74, 6) is -0.477. The maximum atomic E-state index is 10.9. The number of carbonyl (C=O) groups excluding carboxylic acids is 2. The second-order valence-electron chi connectivity index (χ2n) is 2.44. The number of primary amides is 1. The van der Waals surface area contributed by atoms with Crippen LogP contribution in [-0.2, 0) is 4.79 Å². The number of likely N-dealkylation sites (N-methyl/N-ethyl adjacent to an activating group) is 1. The predicted molar refractivity (Wildman–Crippen MR) is 38.8 cm³/mol. The first kappa shape index (κ1) is 7.84. The van der Waals surface area contributed by atoms with Crippen LogP contribution in [-0.4, -0.2) is 36.0 Å². The highest BCUT2D eigenvalue weighted by Crippen LogP contribution is 2.01. The molecule has 1 saturated heterocycles. The van der Waals surface area contributed by atoms with Crippen LogP contribution in [0.2, 0.25) is 0 Å². The highest BCUT2D eigenvalue weighted by atomic mass is 16.2. The Hall–Kier alpha value is -1.26. The van der Waals surface area contributed by atoms with Gasteiger partial charge in [0, 0.05) is 6.54 Å². The first-order chi connectivity index (χ1) is 5.15. The summed E-state index contributed by atoms with van der Waals surface area (Å²) in [4.78, 5) is 23.1. The fourth-order valence-electron chi connectivity index (χ4n) is 1.02. The summed E-state index contributed by atoms with van der Waals surface area (Å²) in [6, 6.07) is -0.723. The molecule has 62 valence electrons. The number of hydrogen-bond acceptors (Lipinski definition) is 2. The SMILES string of the molecule is CCN1CC(C(N)=O)NC1=O. The Morgan fingerprint density at radius 1 is 1.91 bits per heavy atom. The minimum absolute atomic E-state index is 0.212. The van der Waals surface area contributed by atoms with Gasteiger partial charge in [0.2, 0.25) is 5.91 Å². The molecule has 5 nitrogen and oxygen atoms in total. The van der Waals surface area contributed by atoms with Crippen molar-refractivity contribution < 1.29 is 9.59 Å². The molecular weight excluding hydrogens is 146 g/mol. The molecule has 5 heteroatoms. The lowest BCUT2D eigenvalue weighted by molar-refractivity contribution is -0.119. The Labute approximate surface area is 64.5 Å². The normalized spacial score (nSPS) is 23.5. The van der Waals surface area contributed by atoms with E-state index in [1.165, 1.54) is 4.90 Å². The molecule has 1 rings (SSSR count). The Morgan fingerprint density at radius 3 is 2.82 bits per heavy atom. The minimum Gasteiger partial charge on any atom is -0.368 e. The van der Waals surface area contributed by atoms with Gasteiger partial charge in [-0.25, -0.2) is 4.79 Å². The van der Waals surface area contributed by atoms with Crippen LogP contribution in [0, 0.1) is 0 Å². The number of nitrogens with two attached hydrogens (primary N) is 1. The van der Waals surface area contributed by atoms with Gasteiger partial charge in [0.25, 0.3) is 0 Å². The molecule has 0 radical (unpaired) electrons. The molecule has 1 heterocycles. The van der Waals surface area contributed by atoms with Gasteiger partial charge in [0.1, 0.15) is 6.04 Å². The van der Waals surface area contributed by atoms with Gasteiger partial charge in [-0.3, -0.25) is 4.79 Å². The van der Waals surface area contributed by atoms with Crippen LogP contribution >= 0.6 is 0 Å². The van der Waals surface area contributed by atoms with E-state index in [4.69, 9.17) is 5.73 Å². The van der Waals surface area contributed by atoms with E-state index >= 15 is 0 Å². The highest BCUT2D eigenvalue weighted by molar-refractivity contribution is 5.89. The van der Waals surface area contributed by atoms with E-state index in [0.29, 0.717) is 13.1 Å². The summed E-state index contributed by atoms with van der Waals surface area (Å²) in [7, 11) is 0. The van der Waals surface area contributed by atoms with Crippen LogP contribution in [0.4, 0.5) is 4.79 Å². The third-order valence-electron chi connectivity index (χ3n) is 1.71. The summed E-state index contributed by atoms with van der Waals surface area (Å²) in [5, 5.41) is 2.47. The van der Waals surface area contributed by atoms with Crippen LogP contribution in [0.5, 0.6) is 0 Å². The number of hydrogen-bond donors (Lipinski definition) is 2. The van der Waals surface area contributed by atoms with Crippen molar-refractivity contribution in [1.29, 1.82) is 0 Å². The van der Waals surface area contributed by atoms with Crippen LogP contribution in [0.15, 0.2) is 0 Å². The van der Waals surface area contributed by atoms with Crippen molar-refractivity contribution in [2.45, 2.75) is 13.0 Å². The van der Waals surface area contributed by atoms with E-state index in [-0.39, 0.29) is 6.03 Å². The predicted octanol–water partition coefficient (Wildman–Crippen LogP) is -1.11. The van der Waals surface area contributed by atoms with Gasteiger partial charge >= 0.3 is 6.03 Å². The first-order valence-electron chi connectivity index (χ1n) is 3.50. The van der Waals surface area contributed by atoms with E-state index < -0.39 is 11.9 Å². The van der Waals surface area contributed by atoms with E-state index in [1.54, 1.807) is 0 Å². The van der Waals surface area contributed by atoms with Gasteiger partial charge in [-0.2, -0.15) is 0 Å². The molecule has 1 unspecified atom stereocenters. The molecular formula is C6H11N3O2. The van der Waals surface area contributed by atoms with Gasteiger partial charge < -0.3 is 16.0 Å². The number of rotatable bonds is 2. The molecule has 1 fully saturated rings. The van der Waals surface area contributed by atoms with Crippen LogP contribution in [0.3, 0.4) is 0 Å². The Bertz CT molecular complexity index is 192. The van der Waals surface area contributed by atoms with Crippen molar-refractivity contribution >= 4 is 11.9 Å². The van der Waals surface area contributed by atoms with Gasteiger partial charge in [-0.1, -0.05) is 0 Å². The molecule has 0 saturated carbocycles. The van der Waals surface area contributed by atoms with Gasteiger partial charge in [0.15, 0.2) is 0 Å². The maximum absolute atomic E-state index is 10.9. The number of nitrogens with zero attached hydrogens (tertiary/aromatic N) is 1. The molecule has 1 atom stereocenters. The van der Waals surface area contributed by atoms with Crippen molar-refractivity contribution in [2.24, 2.45) is 5.73 Å². The zero-order valence-electron chi connectivity index (χ0n) is 6.33. The standard InChI is InChI=1S/C6H11N3O2/c1-2-9-3-4(5(7)10)8-6(9)11/h4H,2-3H2,1H3,(H2,7,10)(H,8,11). The third-order valence-corrected chi connectivity index (χ3v) is 1.71. The minimum atomic E-state index is -0.512. The molecule has 11 heavy (non-hydrogen) atoms. The molecule has 1 aliphatic heterocycles. The average Bonchev–Trinajstić information content (AvgIpc) is 2.31. The summed E-state index contributed by atoms with van der Waals surface area (Å²) < 4.78 is 0. The molecule has 3 N–H and O–H groups in total. The van der Waals surface area contributed by atoms with Crippen molar-refractivity contribution in [1.82, 2.24) is 10.2 Å². The molecule has 0 aromatic heterocycles. The lowest BCUT2D eigenvalue weighted by Gasteiger charge is -2.09. The van der Waals surface area contributed by atoms with Crippen molar-refractivity contribution in [3.63, 3.8) is 0 Å². The highest BCUT2D eigenvalue weighted by Gasteiger charge is 2.30. The first-order valence-corrected chi connectivity index (χ1v) is 3.50.